The zero-order valence-electron chi connectivity index (χ0n) is 15.6. The van der Waals surface area contributed by atoms with E-state index in [1.807, 2.05) is 0 Å². The zero-order valence-corrected chi connectivity index (χ0v) is 16.4. The predicted octanol–water partition coefficient (Wildman–Crippen LogP) is 2.97. The van der Waals surface area contributed by atoms with Crippen LogP contribution in [0.1, 0.15) is 57.8 Å². The first kappa shape index (κ1) is 17.7. The Kier molecular flexibility index (Phi) is 3.96. The molecule has 6 heteroatoms. The molecular formula is C21H28N2O3S. The van der Waals surface area contributed by atoms with Crippen molar-refractivity contribution in [2.75, 3.05) is 0 Å². The normalized spacial score (nSPS) is 36.2. The van der Waals surface area contributed by atoms with Crippen LogP contribution in [0.4, 0.5) is 0 Å². The number of hydrogen-bond donors (Lipinski definition) is 2. The number of rotatable bonds is 5. The van der Waals surface area contributed by atoms with E-state index < -0.39 is 15.6 Å². The molecule has 1 aromatic carbocycles. The molecule has 0 heterocycles. The van der Waals surface area contributed by atoms with Crippen molar-refractivity contribution >= 4 is 15.9 Å². The van der Waals surface area contributed by atoms with Crippen LogP contribution in [0.25, 0.3) is 0 Å². The average Bonchev–Trinajstić information content (AvgIpc) is 2.57. The highest BCUT2D eigenvalue weighted by atomic mass is 32.2. The largest absolute Gasteiger partial charge is 0.349 e. The van der Waals surface area contributed by atoms with Crippen LogP contribution < -0.4 is 10.0 Å². The van der Waals surface area contributed by atoms with Crippen molar-refractivity contribution in [3.63, 3.8) is 0 Å². The minimum Gasteiger partial charge on any atom is -0.349 e. The molecular weight excluding hydrogens is 360 g/mol. The van der Waals surface area contributed by atoms with Crippen LogP contribution >= 0.6 is 0 Å². The van der Waals surface area contributed by atoms with Gasteiger partial charge in [0.1, 0.15) is 5.54 Å². The summed E-state index contributed by atoms with van der Waals surface area (Å²) in [6.07, 6.45) is 9.23. The first-order valence-electron chi connectivity index (χ1n) is 10.3. The molecule has 1 amide bonds. The fourth-order valence-electron chi connectivity index (χ4n) is 6.45. The number of carbonyl (C=O) groups is 1. The Labute approximate surface area is 161 Å². The molecule has 6 rings (SSSR count). The molecule has 5 saturated carbocycles. The summed E-state index contributed by atoms with van der Waals surface area (Å²) in [6, 6.07) is 8.35. The fourth-order valence-corrected chi connectivity index (χ4v) is 7.89. The second-order valence-electron chi connectivity index (χ2n) is 9.51. The molecule has 0 aliphatic heterocycles. The van der Waals surface area contributed by atoms with Crippen molar-refractivity contribution in [1.82, 2.24) is 10.0 Å². The van der Waals surface area contributed by atoms with Gasteiger partial charge in [0, 0.05) is 5.54 Å². The molecule has 2 N–H and O–H groups in total. The standard InChI is InChI=1S/C21H28N2O3S/c24-19(22-20-12-15-9-16(13-20)11-17(10-15)14-20)21(7-4-8-21)23-27(25,26)18-5-2-1-3-6-18/h1-3,5-6,15-17,23H,4,7-14H2,(H,22,24). The Morgan fingerprint density at radius 2 is 1.48 bits per heavy atom. The Morgan fingerprint density at radius 3 is 1.96 bits per heavy atom. The maximum absolute atomic E-state index is 13.3. The van der Waals surface area contributed by atoms with Crippen LogP contribution in [-0.4, -0.2) is 25.4 Å². The van der Waals surface area contributed by atoms with Crippen molar-refractivity contribution < 1.29 is 13.2 Å². The van der Waals surface area contributed by atoms with E-state index >= 15 is 0 Å². The molecule has 0 aromatic heterocycles. The van der Waals surface area contributed by atoms with Gasteiger partial charge in [0.25, 0.3) is 0 Å². The van der Waals surface area contributed by atoms with Gasteiger partial charge < -0.3 is 5.32 Å². The first-order valence-corrected chi connectivity index (χ1v) is 11.8. The Balaban J connectivity index is 1.36. The second-order valence-corrected chi connectivity index (χ2v) is 11.2. The lowest BCUT2D eigenvalue weighted by atomic mass is 9.53. The van der Waals surface area contributed by atoms with E-state index in [0.717, 1.165) is 43.4 Å². The fraction of sp³-hybridized carbons (Fsp3) is 0.667. The highest BCUT2D eigenvalue weighted by Crippen LogP contribution is 2.55. The monoisotopic (exact) mass is 388 g/mol. The quantitative estimate of drug-likeness (QED) is 0.814. The summed E-state index contributed by atoms with van der Waals surface area (Å²) in [4.78, 5) is 13.5. The molecule has 0 unspecified atom stereocenters. The molecule has 5 aliphatic carbocycles. The van der Waals surface area contributed by atoms with Gasteiger partial charge in [0.15, 0.2) is 0 Å². The van der Waals surface area contributed by atoms with Crippen LogP contribution in [0, 0.1) is 17.8 Å². The van der Waals surface area contributed by atoms with E-state index in [0.29, 0.717) is 12.8 Å². The van der Waals surface area contributed by atoms with E-state index in [9.17, 15) is 13.2 Å². The van der Waals surface area contributed by atoms with Gasteiger partial charge in [-0.3, -0.25) is 4.79 Å². The van der Waals surface area contributed by atoms with Crippen molar-refractivity contribution in [1.29, 1.82) is 0 Å². The van der Waals surface area contributed by atoms with Gasteiger partial charge >= 0.3 is 0 Å². The van der Waals surface area contributed by atoms with Crippen LogP contribution in [-0.2, 0) is 14.8 Å². The molecule has 4 bridgehead atoms. The third-order valence-electron chi connectivity index (χ3n) is 7.44. The van der Waals surface area contributed by atoms with E-state index in [1.165, 1.54) is 19.3 Å². The summed E-state index contributed by atoms with van der Waals surface area (Å²) in [7, 11) is -3.70. The summed E-state index contributed by atoms with van der Waals surface area (Å²) in [5.41, 5.74) is -1.06. The Morgan fingerprint density at radius 1 is 0.926 bits per heavy atom. The van der Waals surface area contributed by atoms with Gasteiger partial charge in [-0.2, -0.15) is 4.72 Å². The lowest BCUT2D eigenvalue weighted by Gasteiger charge is -2.57. The average molecular weight is 389 g/mol. The molecule has 0 spiro atoms. The summed E-state index contributed by atoms with van der Waals surface area (Å²) in [5.74, 6) is 2.13. The maximum atomic E-state index is 13.3. The lowest BCUT2D eigenvalue weighted by molar-refractivity contribution is -0.136. The summed E-state index contributed by atoms with van der Waals surface area (Å²) >= 11 is 0. The SMILES string of the molecule is O=C(NC12CC3CC(CC(C3)C1)C2)C1(NS(=O)(=O)c2ccccc2)CCC1. The van der Waals surface area contributed by atoms with Crippen molar-refractivity contribution in [3.05, 3.63) is 30.3 Å². The van der Waals surface area contributed by atoms with Crippen LogP contribution in [0.3, 0.4) is 0 Å². The molecule has 5 aliphatic rings. The lowest BCUT2D eigenvalue weighted by Crippen LogP contribution is -2.68. The van der Waals surface area contributed by atoms with Crippen molar-refractivity contribution in [2.24, 2.45) is 17.8 Å². The molecule has 0 atom stereocenters. The molecule has 1 aromatic rings. The number of amides is 1. The predicted molar refractivity (Wildman–Crippen MR) is 102 cm³/mol. The van der Waals surface area contributed by atoms with E-state index in [-0.39, 0.29) is 16.3 Å². The Bertz CT molecular complexity index is 810. The van der Waals surface area contributed by atoms with Gasteiger partial charge in [-0.05, 0) is 87.7 Å². The second kappa shape index (κ2) is 6.05. The third-order valence-corrected chi connectivity index (χ3v) is 8.99. The van der Waals surface area contributed by atoms with Crippen LogP contribution in [0.5, 0.6) is 0 Å². The molecule has 5 nitrogen and oxygen atoms in total. The Hall–Kier alpha value is -1.40. The van der Waals surface area contributed by atoms with E-state index in [1.54, 1.807) is 30.3 Å². The number of nitrogens with one attached hydrogen (secondary N) is 2. The molecule has 27 heavy (non-hydrogen) atoms. The molecule has 146 valence electrons. The van der Waals surface area contributed by atoms with E-state index in [2.05, 4.69) is 10.0 Å². The van der Waals surface area contributed by atoms with Gasteiger partial charge in [0.2, 0.25) is 15.9 Å². The van der Waals surface area contributed by atoms with Gasteiger partial charge in [-0.15, -0.1) is 0 Å². The number of sulfonamides is 1. The van der Waals surface area contributed by atoms with Gasteiger partial charge in [-0.25, -0.2) is 8.42 Å². The summed E-state index contributed by atoms with van der Waals surface area (Å²) in [6.45, 7) is 0. The molecule has 0 radical (unpaired) electrons. The highest BCUT2D eigenvalue weighted by Gasteiger charge is 2.55. The van der Waals surface area contributed by atoms with Crippen molar-refractivity contribution in [3.8, 4) is 0 Å². The highest BCUT2D eigenvalue weighted by molar-refractivity contribution is 7.89. The smallest absolute Gasteiger partial charge is 0.241 e. The molecule has 5 fully saturated rings. The van der Waals surface area contributed by atoms with Crippen LogP contribution in [0.15, 0.2) is 35.2 Å². The van der Waals surface area contributed by atoms with Crippen molar-refractivity contribution in [2.45, 2.75) is 73.8 Å². The number of carbonyl (C=O) groups excluding carboxylic acids is 1. The topological polar surface area (TPSA) is 75.3 Å². The van der Waals surface area contributed by atoms with Gasteiger partial charge in [-0.1, -0.05) is 18.2 Å². The molecule has 0 saturated heterocycles. The number of hydrogen-bond acceptors (Lipinski definition) is 3. The minimum atomic E-state index is -3.70. The number of benzene rings is 1. The van der Waals surface area contributed by atoms with E-state index in [4.69, 9.17) is 0 Å². The zero-order chi connectivity index (χ0) is 18.7. The van der Waals surface area contributed by atoms with Crippen LogP contribution in [0.2, 0.25) is 0 Å². The maximum Gasteiger partial charge on any atom is 0.241 e. The first-order chi connectivity index (χ1) is 12.9. The summed E-state index contributed by atoms with van der Waals surface area (Å²) in [5, 5.41) is 3.38. The third kappa shape index (κ3) is 3.01. The summed E-state index contributed by atoms with van der Waals surface area (Å²) < 4.78 is 28.4. The minimum absolute atomic E-state index is 0.0907. The van der Waals surface area contributed by atoms with Gasteiger partial charge in [0.05, 0.1) is 4.90 Å².